The van der Waals surface area contributed by atoms with Crippen molar-refractivity contribution in [3.8, 4) is 5.75 Å². The maximum atomic E-state index is 11.3. The van der Waals surface area contributed by atoms with Gasteiger partial charge in [0.25, 0.3) is 5.60 Å². The molecule has 0 heterocycles. The third-order valence-corrected chi connectivity index (χ3v) is 2.65. The molecule has 0 saturated heterocycles. The van der Waals surface area contributed by atoms with Crippen LogP contribution in [0.3, 0.4) is 0 Å². The summed E-state index contributed by atoms with van der Waals surface area (Å²) < 4.78 is 5.01. The van der Waals surface area contributed by atoms with E-state index in [1.54, 1.807) is 12.1 Å². The van der Waals surface area contributed by atoms with Crippen LogP contribution in [0, 0.1) is 0 Å². The van der Waals surface area contributed by atoms with E-state index in [-0.39, 0.29) is 0 Å². The molecule has 7 heteroatoms. The molecule has 96 valence electrons. The van der Waals surface area contributed by atoms with Crippen LogP contribution < -0.4 is 4.74 Å². The fourth-order valence-corrected chi connectivity index (χ4v) is 1.82. The van der Waals surface area contributed by atoms with Gasteiger partial charge in [-0.05, 0) is 12.1 Å². The van der Waals surface area contributed by atoms with E-state index >= 15 is 0 Å². The first-order valence-corrected chi connectivity index (χ1v) is 4.97. The fraction of sp³-hybridized carbons (Fsp3) is 0.273. The molecule has 0 radical (unpaired) electrons. The van der Waals surface area contributed by atoms with Gasteiger partial charge >= 0.3 is 11.9 Å². The van der Waals surface area contributed by atoms with Gasteiger partial charge in [-0.15, -0.1) is 0 Å². The van der Waals surface area contributed by atoms with E-state index in [1.165, 1.54) is 13.2 Å². The second-order valence-electron chi connectivity index (χ2n) is 3.64. The van der Waals surface area contributed by atoms with Crippen molar-refractivity contribution < 1.29 is 34.3 Å². The number of rotatable bonds is 6. The summed E-state index contributed by atoms with van der Waals surface area (Å²) in [5.74, 6) is -2.21. The molecule has 18 heavy (non-hydrogen) atoms. The van der Waals surface area contributed by atoms with Crippen LogP contribution in [0.4, 0.5) is 0 Å². The SMILES string of the molecule is COc1ccc2cc1C2(OOCC(=O)O)C(=O)O. The number of benzene rings is 1. The Bertz CT molecular complexity index is 506. The first-order valence-electron chi connectivity index (χ1n) is 4.97. The minimum absolute atomic E-state index is 0.292. The summed E-state index contributed by atoms with van der Waals surface area (Å²) >= 11 is 0. The third kappa shape index (κ3) is 1.60. The number of carboxylic acids is 2. The molecule has 3 rings (SSSR count). The maximum Gasteiger partial charge on any atom is 0.349 e. The van der Waals surface area contributed by atoms with Crippen molar-refractivity contribution in [1.29, 1.82) is 0 Å². The Morgan fingerprint density at radius 3 is 2.56 bits per heavy atom. The standard InChI is InChI=1S/C11H10O7/c1-16-8-3-2-6-4-7(8)11(6,10(14)15)18-17-5-9(12)13/h2-4H,5H2,1H3,(H,12,13)(H,14,15). The molecule has 2 aliphatic carbocycles. The van der Waals surface area contributed by atoms with Crippen molar-refractivity contribution in [3.63, 3.8) is 0 Å². The first kappa shape index (κ1) is 12.3. The quantitative estimate of drug-likeness (QED) is 0.558. The summed E-state index contributed by atoms with van der Waals surface area (Å²) in [6.45, 7) is -0.748. The molecule has 2 bridgehead atoms. The number of hydrogen-bond acceptors (Lipinski definition) is 5. The summed E-state index contributed by atoms with van der Waals surface area (Å²) in [6.07, 6.45) is 0. The maximum absolute atomic E-state index is 11.3. The largest absolute Gasteiger partial charge is 0.496 e. The molecule has 7 nitrogen and oxygen atoms in total. The minimum atomic E-state index is -1.80. The molecule has 1 aromatic carbocycles. The second-order valence-corrected chi connectivity index (χ2v) is 3.64. The average Bonchev–Trinajstić information content (AvgIpc) is 2.33. The van der Waals surface area contributed by atoms with Gasteiger partial charge in [-0.3, -0.25) is 0 Å². The Hall–Kier alpha value is -2.12. The predicted octanol–water partition coefficient (Wildman–Crippen LogP) is 0.370. The van der Waals surface area contributed by atoms with Crippen molar-refractivity contribution in [2.24, 2.45) is 0 Å². The highest BCUT2D eigenvalue weighted by molar-refractivity contribution is 5.89. The van der Waals surface area contributed by atoms with Crippen LogP contribution in [0.5, 0.6) is 5.75 Å². The number of ether oxygens (including phenoxy) is 1. The molecule has 2 N–H and O–H groups in total. The Morgan fingerprint density at radius 2 is 2.06 bits per heavy atom. The van der Waals surface area contributed by atoms with E-state index in [4.69, 9.17) is 14.7 Å². The molecule has 0 aliphatic heterocycles. The Morgan fingerprint density at radius 1 is 1.33 bits per heavy atom. The Kier molecular flexibility index (Phi) is 2.93. The number of fused-ring (bicyclic) bond motifs is 2. The van der Waals surface area contributed by atoms with Crippen LogP contribution in [-0.2, 0) is 25.0 Å². The molecule has 1 aromatic rings. The second kappa shape index (κ2) is 4.28. The molecule has 0 spiro atoms. The third-order valence-electron chi connectivity index (χ3n) is 2.65. The van der Waals surface area contributed by atoms with Gasteiger partial charge in [0.1, 0.15) is 5.75 Å². The molecule has 1 unspecified atom stereocenters. The van der Waals surface area contributed by atoms with Crippen molar-refractivity contribution in [2.75, 3.05) is 13.7 Å². The van der Waals surface area contributed by atoms with E-state index in [0.717, 1.165) is 0 Å². The highest BCUT2D eigenvalue weighted by atomic mass is 17.2. The van der Waals surface area contributed by atoms with Crippen LogP contribution in [0.2, 0.25) is 0 Å². The van der Waals surface area contributed by atoms with E-state index in [2.05, 4.69) is 4.89 Å². The highest BCUT2D eigenvalue weighted by Crippen LogP contribution is 2.48. The lowest BCUT2D eigenvalue weighted by Gasteiger charge is -2.37. The summed E-state index contributed by atoms with van der Waals surface area (Å²) in [5.41, 5.74) is -1.13. The predicted molar refractivity (Wildman–Crippen MR) is 56.1 cm³/mol. The molecular weight excluding hydrogens is 244 g/mol. The normalized spacial score (nSPS) is 20.1. The van der Waals surface area contributed by atoms with Gasteiger partial charge in [-0.2, -0.15) is 0 Å². The smallest absolute Gasteiger partial charge is 0.349 e. The molecule has 0 fully saturated rings. The summed E-state index contributed by atoms with van der Waals surface area (Å²) in [7, 11) is 1.40. The highest BCUT2D eigenvalue weighted by Gasteiger charge is 2.54. The van der Waals surface area contributed by atoms with E-state index in [9.17, 15) is 14.7 Å². The fourth-order valence-electron chi connectivity index (χ4n) is 1.82. The zero-order chi connectivity index (χ0) is 13.3. The number of carbonyl (C=O) groups is 2. The number of aliphatic carboxylic acids is 2. The van der Waals surface area contributed by atoms with Gasteiger partial charge in [0, 0.05) is 11.1 Å². The number of methoxy groups -OCH3 is 1. The van der Waals surface area contributed by atoms with Gasteiger partial charge in [0.2, 0.25) is 0 Å². The lowest BCUT2D eigenvalue weighted by atomic mass is 9.75. The Balaban J connectivity index is 2.25. The minimum Gasteiger partial charge on any atom is -0.496 e. The van der Waals surface area contributed by atoms with Crippen molar-refractivity contribution >= 4 is 11.9 Å². The lowest BCUT2D eigenvalue weighted by molar-refractivity contribution is -0.348. The van der Waals surface area contributed by atoms with Crippen LogP contribution in [0.1, 0.15) is 11.1 Å². The van der Waals surface area contributed by atoms with Crippen LogP contribution in [0.25, 0.3) is 0 Å². The van der Waals surface area contributed by atoms with E-state index < -0.39 is 24.1 Å². The van der Waals surface area contributed by atoms with Crippen LogP contribution >= 0.6 is 0 Å². The van der Waals surface area contributed by atoms with Gasteiger partial charge in [0.15, 0.2) is 6.61 Å². The summed E-state index contributed by atoms with van der Waals surface area (Å²) in [4.78, 5) is 30.9. The number of carboxylic acid groups (broad SMARTS) is 2. The lowest BCUT2D eigenvalue weighted by Crippen LogP contribution is -2.46. The van der Waals surface area contributed by atoms with Gasteiger partial charge in [-0.25, -0.2) is 19.4 Å². The zero-order valence-corrected chi connectivity index (χ0v) is 9.37. The molecule has 1 atom stereocenters. The number of hydrogen-bond donors (Lipinski definition) is 2. The summed E-state index contributed by atoms with van der Waals surface area (Å²) in [6, 6.07) is 4.70. The average molecular weight is 254 g/mol. The zero-order valence-electron chi connectivity index (χ0n) is 9.37. The van der Waals surface area contributed by atoms with Gasteiger partial charge in [0.05, 0.1) is 7.11 Å². The molecular formula is C11H10O7. The van der Waals surface area contributed by atoms with Crippen molar-refractivity contribution in [1.82, 2.24) is 0 Å². The van der Waals surface area contributed by atoms with Gasteiger partial charge in [-0.1, -0.05) is 6.07 Å². The molecule has 2 aliphatic rings. The molecule has 0 amide bonds. The van der Waals surface area contributed by atoms with Gasteiger partial charge < -0.3 is 14.9 Å². The van der Waals surface area contributed by atoms with E-state index in [1.807, 2.05) is 0 Å². The van der Waals surface area contributed by atoms with Crippen molar-refractivity contribution in [3.05, 3.63) is 29.3 Å². The monoisotopic (exact) mass is 254 g/mol. The Labute approximate surface area is 101 Å². The van der Waals surface area contributed by atoms with Crippen LogP contribution in [0.15, 0.2) is 18.2 Å². The van der Waals surface area contributed by atoms with Crippen LogP contribution in [-0.4, -0.2) is 35.9 Å². The first-order chi connectivity index (χ1) is 8.52. The van der Waals surface area contributed by atoms with Crippen molar-refractivity contribution in [2.45, 2.75) is 5.60 Å². The summed E-state index contributed by atoms with van der Waals surface area (Å²) in [5, 5.41) is 17.7. The molecule has 0 saturated carbocycles. The van der Waals surface area contributed by atoms with E-state index in [0.29, 0.717) is 16.9 Å². The molecule has 0 aromatic heterocycles. The topological polar surface area (TPSA) is 102 Å².